The summed E-state index contributed by atoms with van der Waals surface area (Å²) in [7, 11) is 1.88. The highest BCUT2D eigenvalue weighted by atomic mass is 32.1. The van der Waals surface area contributed by atoms with Crippen LogP contribution in [0.2, 0.25) is 0 Å². The van der Waals surface area contributed by atoms with Gasteiger partial charge >= 0.3 is 6.03 Å². The first kappa shape index (κ1) is 15.6. The van der Waals surface area contributed by atoms with E-state index in [1.807, 2.05) is 19.4 Å². The molecule has 1 saturated heterocycles. The fourth-order valence-electron chi connectivity index (χ4n) is 3.18. The number of ether oxygens (including phenoxy) is 1. The summed E-state index contributed by atoms with van der Waals surface area (Å²) in [4.78, 5) is 17.8. The lowest BCUT2D eigenvalue weighted by Crippen LogP contribution is -2.42. The summed E-state index contributed by atoms with van der Waals surface area (Å²) in [5, 5.41) is 10.1. The summed E-state index contributed by atoms with van der Waals surface area (Å²) in [6.45, 7) is 1.13. The third-order valence-electron chi connectivity index (χ3n) is 4.64. The van der Waals surface area contributed by atoms with Crippen LogP contribution in [-0.4, -0.2) is 33.9 Å². The molecule has 24 heavy (non-hydrogen) atoms. The van der Waals surface area contributed by atoms with E-state index in [1.165, 1.54) is 17.7 Å². The zero-order valence-electron chi connectivity index (χ0n) is 13.6. The number of urea groups is 1. The van der Waals surface area contributed by atoms with Crippen LogP contribution in [0.25, 0.3) is 0 Å². The van der Waals surface area contributed by atoms with Crippen LogP contribution in [0.4, 0.5) is 10.6 Å². The Balaban J connectivity index is 1.41. The van der Waals surface area contributed by atoms with E-state index in [-0.39, 0.29) is 6.03 Å². The van der Waals surface area contributed by atoms with E-state index in [0.717, 1.165) is 18.4 Å². The van der Waals surface area contributed by atoms with E-state index in [0.29, 0.717) is 24.9 Å². The van der Waals surface area contributed by atoms with E-state index in [1.54, 1.807) is 21.5 Å². The Bertz CT molecular complexity index is 730. The van der Waals surface area contributed by atoms with Crippen molar-refractivity contribution in [3.8, 4) is 0 Å². The lowest BCUT2D eigenvalue weighted by molar-refractivity contribution is 0.00324. The molecule has 2 fully saturated rings. The second-order valence-corrected chi connectivity index (χ2v) is 7.38. The molecular weight excluding hydrogens is 326 g/mol. The predicted octanol–water partition coefficient (Wildman–Crippen LogP) is 2.58. The summed E-state index contributed by atoms with van der Waals surface area (Å²) in [5.74, 6) is 1.27. The van der Waals surface area contributed by atoms with Gasteiger partial charge in [0.05, 0.1) is 23.1 Å². The number of rotatable bonds is 5. The van der Waals surface area contributed by atoms with Crippen molar-refractivity contribution in [3.05, 3.63) is 28.3 Å². The molecule has 7 nitrogen and oxygen atoms in total. The molecule has 2 N–H and O–H groups in total. The van der Waals surface area contributed by atoms with Gasteiger partial charge < -0.3 is 10.1 Å². The molecule has 1 atom stereocenters. The van der Waals surface area contributed by atoms with Gasteiger partial charge in [-0.15, -0.1) is 11.3 Å². The van der Waals surface area contributed by atoms with Gasteiger partial charge in [-0.3, -0.25) is 10.00 Å². The largest absolute Gasteiger partial charge is 0.368 e. The molecule has 0 aromatic carbocycles. The number of nitrogens with zero attached hydrogens (tertiary/aromatic N) is 3. The van der Waals surface area contributed by atoms with Crippen molar-refractivity contribution < 1.29 is 9.53 Å². The van der Waals surface area contributed by atoms with Gasteiger partial charge in [-0.2, -0.15) is 5.10 Å². The lowest BCUT2D eigenvalue weighted by atomic mass is 9.93. The Labute approximate surface area is 144 Å². The molecule has 2 aromatic rings. The molecule has 3 heterocycles. The molecule has 0 radical (unpaired) electrons. The number of nitrogens with one attached hydrogen (secondary N) is 2. The number of aromatic nitrogens is 3. The van der Waals surface area contributed by atoms with Gasteiger partial charge in [0.25, 0.3) is 0 Å². The topological polar surface area (TPSA) is 81.1 Å². The lowest BCUT2D eigenvalue weighted by Gasteiger charge is -2.27. The fourth-order valence-corrected chi connectivity index (χ4v) is 4.10. The second kappa shape index (κ2) is 6.18. The van der Waals surface area contributed by atoms with Gasteiger partial charge in [0, 0.05) is 25.4 Å². The van der Waals surface area contributed by atoms with Crippen molar-refractivity contribution >= 4 is 23.2 Å². The maximum absolute atomic E-state index is 12.3. The van der Waals surface area contributed by atoms with Crippen molar-refractivity contribution in [3.63, 3.8) is 0 Å². The summed E-state index contributed by atoms with van der Waals surface area (Å²) in [5.41, 5.74) is 2.32. The number of hydrogen-bond acceptors (Lipinski definition) is 5. The molecule has 1 aliphatic heterocycles. The normalized spacial score (nSPS) is 23.4. The fraction of sp³-hybridized carbons (Fsp3) is 0.562. The molecule has 2 aromatic heterocycles. The highest BCUT2D eigenvalue weighted by Crippen LogP contribution is 2.45. The predicted molar refractivity (Wildman–Crippen MR) is 91.2 cm³/mol. The van der Waals surface area contributed by atoms with Crippen molar-refractivity contribution in [2.45, 2.75) is 37.2 Å². The average Bonchev–Trinajstić information content (AvgIpc) is 2.98. The van der Waals surface area contributed by atoms with Crippen LogP contribution in [0.15, 0.2) is 17.9 Å². The van der Waals surface area contributed by atoms with Crippen molar-refractivity contribution in [1.29, 1.82) is 0 Å². The van der Waals surface area contributed by atoms with Gasteiger partial charge in [0.15, 0.2) is 0 Å². The van der Waals surface area contributed by atoms with Crippen molar-refractivity contribution in [1.82, 2.24) is 20.1 Å². The van der Waals surface area contributed by atoms with Gasteiger partial charge in [-0.05, 0) is 31.6 Å². The van der Waals surface area contributed by atoms with Crippen LogP contribution >= 0.6 is 11.3 Å². The second-order valence-electron chi connectivity index (χ2n) is 6.50. The number of amides is 2. The van der Waals surface area contributed by atoms with Crippen LogP contribution in [-0.2, 0) is 17.4 Å². The zero-order chi connectivity index (χ0) is 16.6. The highest BCUT2D eigenvalue weighted by molar-refractivity contribution is 7.10. The maximum Gasteiger partial charge on any atom is 0.320 e. The van der Waals surface area contributed by atoms with Crippen LogP contribution in [0.3, 0.4) is 0 Å². The maximum atomic E-state index is 12.3. The van der Waals surface area contributed by atoms with Crippen LogP contribution < -0.4 is 10.6 Å². The van der Waals surface area contributed by atoms with E-state index >= 15 is 0 Å². The smallest absolute Gasteiger partial charge is 0.320 e. The van der Waals surface area contributed by atoms with Crippen LogP contribution in [0, 0.1) is 0 Å². The summed E-state index contributed by atoms with van der Waals surface area (Å²) >= 11 is 1.62. The molecule has 0 spiro atoms. The molecule has 2 aliphatic rings. The Morgan fingerprint density at radius 2 is 2.42 bits per heavy atom. The molecule has 2 amide bonds. The number of hydrogen-bond donors (Lipinski definition) is 2. The van der Waals surface area contributed by atoms with Gasteiger partial charge in [-0.25, -0.2) is 9.78 Å². The monoisotopic (exact) mass is 347 g/mol. The molecular formula is C16H21N5O2S. The first-order valence-corrected chi connectivity index (χ1v) is 9.16. The van der Waals surface area contributed by atoms with Crippen molar-refractivity contribution in [2.24, 2.45) is 7.05 Å². The minimum absolute atomic E-state index is 0.235. The third-order valence-corrected chi connectivity index (χ3v) is 5.64. The summed E-state index contributed by atoms with van der Waals surface area (Å²) in [6, 6.07) is -0.235. The molecule has 1 saturated carbocycles. The quantitative estimate of drug-likeness (QED) is 0.871. The third kappa shape index (κ3) is 3.03. The molecule has 8 heteroatoms. The van der Waals surface area contributed by atoms with Crippen LogP contribution in [0.5, 0.6) is 0 Å². The van der Waals surface area contributed by atoms with E-state index in [2.05, 4.69) is 20.7 Å². The zero-order valence-corrected chi connectivity index (χ0v) is 14.4. The van der Waals surface area contributed by atoms with E-state index in [9.17, 15) is 4.79 Å². The first-order valence-electron chi connectivity index (χ1n) is 8.28. The molecule has 1 unspecified atom stereocenters. The average molecular weight is 347 g/mol. The van der Waals surface area contributed by atoms with Crippen LogP contribution in [0.1, 0.15) is 42.0 Å². The SMILES string of the molecule is Cn1cc(C2(CNC(=O)Nc3ncsc3C3CC3)CCCO2)cn1. The number of thiazole rings is 1. The number of carbonyl (C=O) groups excluding carboxylic acids is 1. The first-order chi connectivity index (χ1) is 11.7. The van der Waals surface area contributed by atoms with Gasteiger partial charge in [-0.1, -0.05) is 0 Å². The summed E-state index contributed by atoms with van der Waals surface area (Å²) < 4.78 is 7.75. The van der Waals surface area contributed by atoms with Gasteiger partial charge in [0.1, 0.15) is 11.4 Å². The van der Waals surface area contributed by atoms with Gasteiger partial charge in [0.2, 0.25) is 0 Å². The van der Waals surface area contributed by atoms with Crippen molar-refractivity contribution in [2.75, 3.05) is 18.5 Å². The number of carbonyl (C=O) groups is 1. The minimum Gasteiger partial charge on any atom is -0.368 e. The Hall–Kier alpha value is -1.93. The molecule has 128 valence electrons. The Morgan fingerprint density at radius 1 is 1.54 bits per heavy atom. The Morgan fingerprint density at radius 3 is 3.08 bits per heavy atom. The molecule has 4 rings (SSSR count). The summed E-state index contributed by atoms with van der Waals surface area (Å²) in [6.07, 6.45) is 8.01. The minimum atomic E-state index is -0.479. The number of aryl methyl sites for hydroxylation is 1. The molecule has 1 aliphatic carbocycles. The standard InChI is InChI=1S/C16H21N5O2S/c1-21-8-12(7-19-21)16(5-2-6-23-16)9-17-15(22)20-14-13(11-3-4-11)24-10-18-14/h7-8,10-11H,2-6,9H2,1H3,(H2,17,20,22). The van der Waals surface area contributed by atoms with E-state index in [4.69, 9.17) is 4.74 Å². The molecule has 0 bridgehead atoms. The highest BCUT2D eigenvalue weighted by Gasteiger charge is 2.38. The number of anilines is 1. The Kier molecular flexibility index (Phi) is 4.01. The van der Waals surface area contributed by atoms with E-state index < -0.39 is 5.60 Å².